The fourth-order valence-corrected chi connectivity index (χ4v) is 4.75. The largest absolute Gasteiger partial charge is 0.339 e. The highest BCUT2D eigenvalue weighted by Gasteiger charge is 2.34. The molecule has 1 saturated carbocycles. The van der Waals surface area contributed by atoms with E-state index in [2.05, 4.69) is 0 Å². The molecule has 1 aliphatic heterocycles. The second-order valence-corrected chi connectivity index (χ2v) is 8.57. The quantitative estimate of drug-likeness (QED) is 0.738. The lowest BCUT2D eigenvalue weighted by Gasteiger charge is -2.34. The zero-order valence-electron chi connectivity index (χ0n) is 14.7. The zero-order valence-corrected chi connectivity index (χ0v) is 15.5. The smallest absolute Gasteiger partial charge is 0.246 e. The SMILES string of the molecule is CCN(C(=O)CN1CCN(S(=O)(=O)c2cc(F)ccc2F)CC1)C1CC1. The molecule has 2 fully saturated rings. The van der Waals surface area contributed by atoms with Gasteiger partial charge in [0.05, 0.1) is 6.54 Å². The number of sulfonamides is 1. The summed E-state index contributed by atoms with van der Waals surface area (Å²) in [6, 6.07) is 2.76. The van der Waals surface area contributed by atoms with Gasteiger partial charge in [0.15, 0.2) is 0 Å². The van der Waals surface area contributed by atoms with Crippen molar-refractivity contribution in [1.82, 2.24) is 14.1 Å². The van der Waals surface area contributed by atoms with E-state index in [9.17, 15) is 22.0 Å². The number of carbonyl (C=O) groups is 1. The molecule has 144 valence electrons. The summed E-state index contributed by atoms with van der Waals surface area (Å²) in [5.41, 5.74) is 0. The normalized spacial score (nSPS) is 19.5. The summed E-state index contributed by atoms with van der Waals surface area (Å²) in [6.45, 7) is 3.92. The first-order valence-electron chi connectivity index (χ1n) is 8.80. The second kappa shape index (κ2) is 7.58. The van der Waals surface area contributed by atoms with Crippen molar-refractivity contribution >= 4 is 15.9 Å². The van der Waals surface area contributed by atoms with E-state index in [0.717, 1.165) is 29.3 Å². The number of amides is 1. The second-order valence-electron chi connectivity index (χ2n) is 6.67. The lowest BCUT2D eigenvalue weighted by molar-refractivity contribution is -0.133. The van der Waals surface area contributed by atoms with Gasteiger partial charge in [0.25, 0.3) is 0 Å². The van der Waals surface area contributed by atoms with Gasteiger partial charge in [-0.15, -0.1) is 0 Å². The predicted molar refractivity (Wildman–Crippen MR) is 92.0 cm³/mol. The number of nitrogens with zero attached hydrogens (tertiary/aromatic N) is 3. The summed E-state index contributed by atoms with van der Waals surface area (Å²) in [5, 5.41) is 0. The van der Waals surface area contributed by atoms with Gasteiger partial charge >= 0.3 is 0 Å². The molecule has 0 atom stereocenters. The number of piperazine rings is 1. The highest BCUT2D eigenvalue weighted by molar-refractivity contribution is 7.89. The van der Waals surface area contributed by atoms with Crippen molar-refractivity contribution in [1.29, 1.82) is 0 Å². The molecule has 1 aromatic rings. The molecule has 1 amide bonds. The van der Waals surface area contributed by atoms with Gasteiger partial charge in [-0.1, -0.05) is 0 Å². The van der Waals surface area contributed by atoms with Crippen LogP contribution in [0.4, 0.5) is 8.78 Å². The molecule has 1 saturated heterocycles. The third-order valence-electron chi connectivity index (χ3n) is 4.85. The van der Waals surface area contributed by atoms with E-state index >= 15 is 0 Å². The zero-order chi connectivity index (χ0) is 18.9. The first-order chi connectivity index (χ1) is 12.3. The first-order valence-corrected chi connectivity index (χ1v) is 10.2. The number of rotatable bonds is 6. The minimum absolute atomic E-state index is 0.0579. The Balaban J connectivity index is 1.61. The van der Waals surface area contributed by atoms with Crippen molar-refractivity contribution in [3.05, 3.63) is 29.8 Å². The van der Waals surface area contributed by atoms with Crippen LogP contribution in [0.15, 0.2) is 23.1 Å². The van der Waals surface area contributed by atoms with Gasteiger partial charge in [-0.25, -0.2) is 17.2 Å². The number of hydrogen-bond donors (Lipinski definition) is 0. The van der Waals surface area contributed by atoms with Crippen molar-refractivity contribution in [3.63, 3.8) is 0 Å². The van der Waals surface area contributed by atoms with Crippen LogP contribution in [0.5, 0.6) is 0 Å². The fourth-order valence-electron chi connectivity index (χ4n) is 3.25. The molecule has 26 heavy (non-hydrogen) atoms. The van der Waals surface area contributed by atoms with E-state index in [-0.39, 0.29) is 25.5 Å². The van der Waals surface area contributed by atoms with Crippen molar-refractivity contribution < 1.29 is 22.0 Å². The summed E-state index contributed by atoms with van der Waals surface area (Å²) in [4.78, 5) is 15.5. The molecule has 0 bridgehead atoms. The number of carbonyl (C=O) groups excluding carboxylic acids is 1. The Morgan fingerprint density at radius 1 is 1.19 bits per heavy atom. The lowest BCUT2D eigenvalue weighted by atomic mass is 10.3. The van der Waals surface area contributed by atoms with Gasteiger partial charge in [-0.05, 0) is 38.0 Å². The highest BCUT2D eigenvalue weighted by atomic mass is 32.2. The molecule has 0 radical (unpaired) electrons. The van der Waals surface area contributed by atoms with Crippen LogP contribution in [0, 0.1) is 11.6 Å². The Morgan fingerprint density at radius 2 is 1.85 bits per heavy atom. The van der Waals surface area contributed by atoms with Crippen LogP contribution in [0.25, 0.3) is 0 Å². The van der Waals surface area contributed by atoms with Crippen molar-refractivity contribution in [2.24, 2.45) is 0 Å². The van der Waals surface area contributed by atoms with Crippen LogP contribution in [-0.4, -0.2) is 73.7 Å². The summed E-state index contributed by atoms with van der Waals surface area (Å²) >= 11 is 0. The fraction of sp³-hybridized carbons (Fsp3) is 0.588. The topological polar surface area (TPSA) is 60.9 Å². The molecular formula is C17H23F2N3O3S. The number of benzene rings is 1. The van der Waals surface area contributed by atoms with Gasteiger partial charge in [-0.3, -0.25) is 9.69 Å². The molecular weight excluding hydrogens is 364 g/mol. The van der Waals surface area contributed by atoms with Crippen LogP contribution in [-0.2, 0) is 14.8 Å². The maximum atomic E-state index is 13.8. The molecule has 1 aromatic carbocycles. The molecule has 9 heteroatoms. The summed E-state index contributed by atoms with van der Waals surface area (Å²) in [5.74, 6) is -1.71. The number of halogens is 2. The molecule has 1 heterocycles. The Morgan fingerprint density at radius 3 is 2.42 bits per heavy atom. The third-order valence-corrected chi connectivity index (χ3v) is 6.76. The van der Waals surface area contributed by atoms with E-state index in [1.54, 1.807) is 0 Å². The summed E-state index contributed by atoms with van der Waals surface area (Å²) in [7, 11) is -4.10. The molecule has 2 aliphatic rings. The van der Waals surface area contributed by atoms with Crippen LogP contribution in [0.3, 0.4) is 0 Å². The molecule has 0 aromatic heterocycles. The monoisotopic (exact) mass is 387 g/mol. The number of likely N-dealkylation sites (N-methyl/N-ethyl adjacent to an activating group) is 1. The Kier molecular flexibility index (Phi) is 5.59. The average Bonchev–Trinajstić information content (AvgIpc) is 3.43. The molecule has 0 N–H and O–H groups in total. The minimum atomic E-state index is -4.10. The van der Waals surface area contributed by atoms with Crippen molar-refractivity contribution in [3.8, 4) is 0 Å². The van der Waals surface area contributed by atoms with E-state index in [4.69, 9.17) is 0 Å². The van der Waals surface area contributed by atoms with Crippen molar-refractivity contribution in [2.45, 2.75) is 30.7 Å². The maximum Gasteiger partial charge on any atom is 0.246 e. The van der Waals surface area contributed by atoms with Crippen molar-refractivity contribution in [2.75, 3.05) is 39.3 Å². The summed E-state index contributed by atoms with van der Waals surface area (Å²) < 4.78 is 53.5. The minimum Gasteiger partial charge on any atom is -0.339 e. The third kappa shape index (κ3) is 4.05. The molecule has 3 rings (SSSR count). The van der Waals surface area contributed by atoms with Crippen LogP contribution < -0.4 is 0 Å². The standard InChI is InChI=1S/C17H23F2N3O3S/c1-2-22(14-4-5-14)17(23)12-20-7-9-21(10-8-20)26(24,25)16-11-13(18)3-6-15(16)19/h3,6,11,14H,2,4-5,7-10,12H2,1H3. The molecule has 6 nitrogen and oxygen atoms in total. The Bertz CT molecular complexity index is 775. The van der Waals surface area contributed by atoms with Crippen LogP contribution in [0.2, 0.25) is 0 Å². The first kappa shape index (κ1) is 19.2. The summed E-state index contributed by atoms with van der Waals surface area (Å²) in [6.07, 6.45) is 2.09. The van der Waals surface area contributed by atoms with Crippen LogP contribution in [0.1, 0.15) is 19.8 Å². The lowest BCUT2D eigenvalue weighted by Crippen LogP contribution is -2.51. The highest BCUT2D eigenvalue weighted by Crippen LogP contribution is 2.27. The molecule has 0 spiro atoms. The van der Waals surface area contributed by atoms with E-state index < -0.39 is 26.6 Å². The van der Waals surface area contributed by atoms with Gasteiger partial charge in [0.1, 0.15) is 16.5 Å². The van der Waals surface area contributed by atoms with Crippen LogP contribution >= 0.6 is 0 Å². The van der Waals surface area contributed by atoms with E-state index in [0.29, 0.717) is 31.7 Å². The maximum absolute atomic E-state index is 13.8. The molecule has 1 aliphatic carbocycles. The Hall–Kier alpha value is -1.58. The number of hydrogen-bond acceptors (Lipinski definition) is 4. The van der Waals surface area contributed by atoms with E-state index in [1.165, 1.54) is 0 Å². The Labute approximate surface area is 152 Å². The van der Waals surface area contributed by atoms with Gasteiger partial charge in [-0.2, -0.15) is 4.31 Å². The predicted octanol–water partition coefficient (Wildman–Crippen LogP) is 1.28. The molecule has 0 unspecified atom stereocenters. The van der Waals surface area contributed by atoms with Gasteiger partial charge < -0.3 is 4.90 Å². The van der Waals surface area contributed by atoms with E-state index in [1.807, 2.05) is 16.7 Å². The average molecular weight is 387 g/mol. The van der Waals surface area contributed by atoms with Gasteiger partial charge in [0, 0.05) is 38.8 Å². The van der Waals surface area contributed by atoms with Gasteiger partial charge in [0.2, 0.25) is 15.9 Å².